The fourth-order valence-electron chi connectivity index (χ4n) is 1.54. The Morgan fingerprint density at radius 2 is 1.89 bits per heavy atom. The predicted octanol–water partition coefficient (Wildman–Crippen LogP) is 4.55. The maximum atomic E-state index is 13.2. The number of hydrogen-bond acceptors (Lipinski definition) is 2. The average molecular weight is 321 g/mol. The molecule has 98 valence electrons. The number of carboxylic acid groups (broad SMARTS) is 1. The molecule has 0 unspecified atom stereocenters. The largest absolute Gasteiger partial charge is 0.478 e. The molecule has 0 aliphatic carbocycles. The van der Waals surface area contributed by atoms with E-state index in [1.54, 1.807) is 0 Å². The monoisotopic (exact) mass is 319 g/mol. The highest BCUT2D eigenvalue weighted by atomic mass is 35.5. The minimum absolute atomic E-state index is 0.0617. The summed E-state index contributed by atoms with van der Waals surface area (Å²) in [6, 6.07) is 4.83. The lowest BCUT2D eigenvalue weighted by Crippen LogP contribution is -2.03. The lowest BCUT2D eigenvalue weighted by Gasteiger charge is -2.09. The van der Waals surface area contributed by atoms with Crippen LogP contribution in [0.15, 0.2) is 24.3 Å². The van der Waals surface area contributed by atoms with E-state index in [1.807, 2.05) is 0 Å². The van der Waals surface area contributed by atoms with Crippen LogP contribution in [0.3, 0.4) is 0 Å². The predicted molar refractivity (Wildman–Crippen MR) is 71.6 cm³/mol. The van der Waals surface area contributed by atoms with Gasteiger partial charge in [0.15, 0.2) is 0 Å². The van der Waals surface area contributed by atoms with Crippen molar-refractivity contribution in [1.29, 1.82) is 0 Å². The molecule has 1 N–H and O–H groups in total. The summed E-state index contributed by atoms with van der Waals surface area (Å²) in [6.07, 6.45) is 0. The van der Waals surface area contributed by atoms with E-state index in [0.717, 1.165) is 12.1 Å². The molecule has 0 radical (unpaired) electrons. The number of rotatable bonds is 2. The molecule has 2 rings (SSSR count). The fourth-order valence-corrected chi connectivity index (χ4v) is 2.23. The van der Waals surface area contributed by atoms with Crippen molar-refractivity contribution >= 4 is 40.8 Å². The van der Waals surface area contributed by atoms with Crippen LogP contribution >= 0.6 is 34.8 Å². The highest BCUT2D eigenvalue weighted by molar-refractivity contribution is 6.45. The Bertz CT molecular complexity index is 676. The van der Waals surface area contributed by atoms with Crippen molar-refractivity contribution in [1.82, 2.24) is 4.98 Å². The Morgan fingerprint density at radius 3 is 2.53 bits per heavy atom. The molecule has 0 fully saturated rings. The van der Waals surface area contributed by atoms with Gasteiger partial charge in [-0.3, -0.25) is 0 Å². The number of benzene rings is 1. The molecular formula is C12H5Cl3FNO2. The third kappa shape index (κ3) is 2.81. The molecule has 7 heteroatoms. The van der Waals surface area contributed by atoms with E-state index in [0.29, 0.717) is 0 Å². The summed E-state index contributed by atoms with van der Waals surface area (Å²) in [5.41, 5.74) is -0.153. The highest BCUT2D eigenvalue weighted by Crippen LogP contribution is 2.37. The zero-order valence-electron chi connectivity index (χ0n) is 9.12. The maximum absolute atomic E-state index is 13.2. The third-order valence-electron chi connectivity index (χ3n) is 2.34. The smallest absolute Gasteiger partial charge is 0.337 e. The normalized spacial score (nSPS) is 10.5. The molecule has 3 nitrogen and oxygen atoms in total. The van der Waals surface area contributed by atoms with Gasteiger partial charge in [0.2, 0.25) is 5.95 Å². The molecule has 1 heterocycles. The summed E-state index contributed by atoms with van der Waals surface area (Å²) in [6.45, 7) is 0. The Balaban J connectivity index is 2.78. The van der Waals surface area contributed by atoms with E-state index in [-0.39, 0.29) is 31.9 Å². The van der Waals surface area contributed by atoms with E-state index in [1.165, 1.54) is 12.1 Å². The average Bonchev–Trinajstić information content (AvgIpc) is 2.33. The summed E-state index contributed by atoms with van der Waals surface area (Å²) in [7, 11) is 0. The first-order chi connectivity index (χ1) is 8.90. The van der Waals surface area contributed by atoms with Gasteiger partial charge in [-0.25, -0.2) is 9.78 Å². The first-order valence-corrected chi connectivity index (χ1v) is 6.08. The number of halogens is 4. The van der Waals surface area contributed by atoms with Crippen molar-refractivity contribution in [3.05, 3.63) is 50.8 Å². The Kier molecular flexibility index (Phi) is 3.94. The van der Waals surface area contributed by atoms with Gasteiger partial charge in [-0.1, -0.05) is 34.8 Å². The fraction of sp³-hybridized carbons (Fsp3) is 0. The van der Waals surface area contributed by atoms with Gasteiger partial charge < -0.3 is 5.11 Å². The molecule has 0 atom stereocenters. The zero-order valence-corrected chi connectivity index (χ0v) is 11.4. The van der Waals surface area contributed by atoms with Crippen molar-refractivity contribution in [2.24, 2.45) is 0 Å². The number of aromatic nitrogens is 1. The first kappa shape index (κ1) is 14.1. The van der Waals surface area contributed by atoms with Crippen LogP contribution in [0, 0.1) is 5.95 Å². The molecule has 1 aromatic carbocycles. The van der Waals surface area contributed by atoms with Gasteiger partial charge in [0.1, 0.15) is 0 Å². The first-order valence-electron chi connectivity index (χ1n) is 4.95. The molecule has 0 saturated heterocycles. The second kappa shape index (κ2) is 5.33. The van der Waals surface area contributed by atoms with Crippen LogP contribution in [-0.2, 0) is 0 Å². The number of carbonyl (C=O) groups is 1. The van der Waals surface area contributed by atoms with E-state index < -0.39 is 11.9 Å². The highest BCUT2D eigenvalue weighted by Gasteiger charge is 2.18. The summed E-state index contributed by atoms with van der Waals surface area (Å²) in [4.78, 5) is 14.7. The standard InChI is InChI=1S/C12H5Cl3FNO2/c13-5-3-7(10(15)8(14)4-5)11-6(12(18)19)1-2-9(16)17-11/h1-4H,(H,18,19). The lowest BCUT2D eigenvalue weighted by molar-refractivity contribution is 0.0697. The van der Waals surface area contributed by atoms with Gasteiger partial charge >= 0.3 is 5.97 Å². The molecular weight excluding hydrogens is 315 g/mol. The lowest BCUT2D eigenvalue weighted by atomic mass is 10.1. The Labute approximate surface area is 122 Å². The second-order valence-electron chi connectivity index (χ2n) is 3.58. The van der Waals surface area contributed by atoms with Crippen molar-refractivity contribution in [2.75, 3.05) is 0 Å². The minimum Gasteiger partial charge on any atom is -0.478 e. The molecule has 0 aliphatic heterocycles. The molecule has 2 aromatic rings. The third-order valence-corrected chi connectivity index (χ3v) is 3.36. The van der Waals surface area contributed by atoms with Gasteiger partial charge in [0.05, 0.1) is 21.3 Å². The summed E-state index contributed by atoms with van der Waals surface area (Å²) in [5.74, 6) is -2.08. The van der Waals surface area contributed by atoms with Crippen LogP contribution in [-0.4, -0.2) is 16.1 Å². The van der Waals surface area contributed by atoms with Crippen LogP contribution in [0.5, 0.6) is 0 Å². The molecule has 0 aliphatic rings. The van der Waals surface area contributed by atoms with Crippen molar-refractivity contribution in [2.45, 2.75) is 0 Å². The number of carboxylic acids is 1. The maximum Gasteiger partial charge on any atom is 0.337 e. The van der Waals surface area contributed by atoms with Crippen LogP contribution in [0.1, 0.15) is 10.4 Å². The van der Waals surface area contributed by atoms with E-state index >= 15 is 0 Å². The quantitative estimate of drug-likeness (QED) is 0.652. The van der Waals surface area contributed by atoms with Gasteiger partial charge in [-0.15, -0.1) is 0 Å². The molecule has 0 amide bonds. The zero-order chi connectivity index (χ0) is 14.2. The van der Waals surface area contributed by atoms with Crippen molar-refractivity contribution in [3.63, 3.8) is 0 Å². The summed E-state index contributed by atoms with van der Waals surface area (Å²) < 4.78 is 13.2. The Hall–Kier alpha value is -1.36. The van der Waals surface area contributed by atoms with Gasteiger partial charge in [-0.05, 0) is 24.3 Å². The van der Waals surface area contributed by atoms with Crippen LogP contribution in [0.25, 0.3) is 11.3 Å². The number of nitrogens with zero attached hydrogens (tertiary/aromatic N) is 1. The summed E-state index contributed by atoms with van der Waals surface area (Å²) >= 11 is 17.7. The van der Waals surface area contributed by atoms with E-state index in [2.05, 4.69) is 4.98 Å². The van der Waals surface area contributed by atoms with Gasteiger partial charge in [0, 0.05) is 10.6 Å². The number of pyridine rings is 1. The summed E-state index contributed by atoms with van der Waals surface area (Å²) in [5, 5.41) is 9.51. The van der Waals surface area contributed by atoms with E-state index in [9.17, 15) is 9.18 Å². The molecule has 19 heavy (non-hydrogen) atoms. The minimum atomic E-state index is -1.25. The van der Waals surface area contributed by atoms with Gasteiger partial charge in [0.25, 0.3) is 0 Å². The second-order valence-corrected chi connectivity index (χ2v) is 4.81. The number of aromatic carboxylic acids is 1. The number of hydrogen-bond donors (Lipinski definition) is 1. The molecule has 0 bridgehead atoms. The van der Waals surface area contributed by atoms with Crippen molar-refractivity contribution in [3.8, 4) is 11.3 Å². The van der Waals surface area contributed by atoms with Gasteiger partial charge in [-0.2, -0.15) is 4.39 Å². The SMILES string of the molecule is O=C(O)c1ccc(F)nc1-c1cc(Cl)cc(Cl)c1Cl. The van der Waals surface area contributed by atoms with Crippen LogP contribution in [0.2, 0.25) is 15.1 Å². The molecule has 1 aromatic heterocycles. The van der Waals surface area contributed by atoms with Crippen molar-refractivity contribution < 1.29 is 14.3 Å². The Morgan fingerprint density at radius 1 is 1.21 bits per heavy atom. The molecule has 0 spiro atoms. The van der Waals surface area contributed by atoms with E-state index in [4.69, 9.17) is 39.9 Å². The van der Waals surface area contributed by atoms with Crippen LogP contribution < -0.4 is 0 Å². The topological polar surface area (TPSA) is 50.2 Å². The molecule has 0 saturated carbocycles. The van der Waals surface area contributed by atoms with Crippen LogP contribution in [0.4, 0.5) is 4.39 Å².